The second kappa shape index (κ2) is 8.17. The van der Waals surface area contributed by atoms with E-state index in [-0.39, 0.29) is 23.8 Å². The highest BCUT2D eigenvalue weighted by molar-refractivity contribution is 5.94. The third-order valence-corrected chi connectivity index (χ3v) is 5.01. The molecule has 1 aromatic carbocycles. The van der Waals surface area contributed by atoms with Gasteiger partial charge in [-0.3, -0.25) is 14.8 Å². The summed E-state index contributed by atoms with van der Waals surface area (Å²) in [5.74, 6) is -3.05. The molecule has 1 amide bonds. The molecule has 0 bridgehead atoms. The molecule has 2 aromatic heterocycles. The monoisotopic (exact) mass is 420 g/mol. The van der Waals surface area contributed by atoms with Crippen LogP contribution in [0.15, 0.2) is 30.6 Å². The topological polar surface area (TPSA) is 87.7 Å². The van der Waals surface area contributed by atoms with Crippen LogP contribution < -0.4 is 4.90 Å². The van der Waals surface area contributed by atoms with Crippen LogP contribution >= 0.6 is 0 Å². The fourth-order valence-corrected chi connectivity index (χ4v) is 3.52. The summed E-state index contributed by atoms with van der Waals surface area (Å²) in [6.07, 6.45) is 0.891. The third-order valence-electron chi connectivity index (χ3n) is 5.01. The van der Waals surface area contributed by atoms with Gasteiger partial charge in [0.2, 0.25) is 5.91 Å². The molecule has 1 aliphatic heterocycles. The summed E-state index contributed by atoms with van der Waals surface area (Å²) in [7, 11) is 0. The number of rotatable bonds is 5. The van der Waals surface area contributed by atoms with Gasteiger partial charge in [-0.25, -0.2) is 17.6 Å². The van der Waals surface area contributed by atoms with Gasteiger partial charge in [0.25, 0.3) is 12.4 Å². The van der Waals surface area contributed by atoms with Crippen molar-refractivity contribution in [2.45, 2.75) is 25.7 Å². The Morgan fingerprint density at radius 2 is 2.00 bits per heavy atom. The molecule has 156 valence electrons. The van der Waals surface area contributed by atoms with E-state index >= 15 is 0 Å². The van der Waals surface area contributed by atoms with Gasteiger partial charge in [-0.05, 0) is 43.0 Å². The Labute approximate surface area is 168 Å². The van der Waals surface area contributed by atoms with Crippen molar-refractivity contribution in [2.75, 3.05) is 11.4 Å². The highest BCUT2D eigenvalue weighted by Crippen LogP contribution is 2.31. The highest BCUT2D eigenvalue weighted by Gasteiger charge is 2.33. The van der Waals surface area contributed by atoms with Crippen LogP contribution in [0.4, 0.5) is 23.5 Å². The molecule has 0 spiro atoms. The van der Waals surface area contributed by atoms with Crippen LogP contribution in [0.25, 0.3) is 11.4 Å². The van der Waals surface area contributed by atoms with Gasteiger partial charge in [0.05, 0.1) is 12.4 Å². The zero-order chi connectivity index (χ0) is 21.3. The van der Waals surface area contributed by atoms with E-state index < -0.39 is 29.5 Å². The number of carbonyl (C=O) groups is 1. The van der Waals surface area contributed by atoms with Crippen molar-refractivity contribution >= 4 is 11.9 Å². The molecule has 1 fully saturated rings. The van der Waals surface area contributed by atoms with Crippen LogP contribution in [0.1, 0.15) is 30.4 Å². The minimum Gasteiger partial charge on any atom is -0.279 e. The zero-order valence-electron chi connectivity index (χ0n) is 15.5. The maximum absolute atomic E-state index is 13.6. The molecule has 1 atom stereocenters. The number of aromatic nitrogens is 5. The lowest BCUT2D eigenvalue weighted by atomic mass is 9.88. The first-order chi connectivity index (χ1) is 14.4. The largest absolute Gasteiger partial charge is 0.279 e. The van der Waals surface area contributed by atoms with Gasteiger partial charge in [-0.2, -0.15) is 15.2 Å². The number of benzene rings is 1. The summed E-state index contributed by atoms with van der Waals surface area (Å²) in [6, 6.07) is 2.90. The van der Waals surface area contributed by atoms with Crippen LogP contribution in [-0.4, -0.2) is 37.8 Å². The van der Waals surface area contributed by atoms with Crippen molar-refractivity contribution in [1.82, 2.24) is 25.4 Å². The predicted molar refractivity (Wildman–Crippen MR) is 97.5 cm³/mol. The minimum absolute atomic E-state index is 0.0809. The summed E-state index contributed by atoms with van der Waals surface area (Å²) >= 11 is 0. The molecule has 30 heavy (non-hydrogen) atoms. The summed E-state index contributed by atoms with van der Waals surface area (Å²) in [5.41, 5.74) is -0.0556. The van der Waals surface area contributed by atoms with Gasteiger partial charge < -0.3 is 0 Å². The molecule has 4 rings (SSSR count). The maximum atomic E-state index is 13.6. The number of H-pyrrole nitrogens is 1. The average Bonchev–Trinajstić information content (AvgIpc) is 3.22. The van der Waals surface area contributed by atoms with Crippen molar-refractivity contribution in [3.05, 3.63) is 53.4 Å². The number of alkyl halides is 2. The molecule has 11 heteroatoms. The summed E-state index contributed by atoms with van der Waals surface area (Å²) in [5, 5.41) is 14.2. The van der Waals surface area contributed by atoms with E-state index in [4.69, 9.17) is 0 Å². The fraction of sp³-hybridized carbons (Fsp3) is 0.316. The Balaban J connectivity index is 1.56. The third kappa shape index (κ3) is 3.87. The number of aromatic amines is 1. The van der Waals surface area contributed by atoms with Gasteiger partial charge in [0, 0.05) is 23.6 Å². The second-order valence-corrected chi connectivity index (χ2v) is 6.91. The van der Waals surface area contributed by atoms with Crippen molar-refractivity contribution in [3.63, 3.8) is 0 Å². The number of hydrogen-bond donors (Lipinski definition) is 1. The molecule has 1 unspecified atom stereocenters. The molecule has 1 saturated heterocycles. The molecular formula is C19H16F4N6O. The van der Waals surface area contributed by atoms with Crippen molar-refractivity contribution in [1.29, 1.82) is 0 Å². The first-order valence-electron chi connectivity index (χ1n) is 9.21. The van der Waals surface area contributed by atoms with Crippen LogP contribution in [0.3, 0.4) is 0 Å². The van der Waals surface area contributed by atoms with Gasteiger partial charge in [-0.1, -0.05) is 0 Å². The number of nitrogens with one attached hydrogen (secondary N) is 1. The number of hydrogen-bond acceptors (Lipinski definition) is 5. The predicted octanol–water partition coefficient (Wildman–Crippen LogP) is 3.46. The molecule has 3 aromatic rings. The SMILES string of the molecule is O=C1C(Cc2cc(F)c(F)cc2C(F)F)CCCN1c1n[nH]c(-c2ccnnc2)n1. The lowest BCUT2D eigenvalue weighted by Gasteiger charge is -2.30. The normalized spacial score (nSPS) is 17.0. The molecule has 1 N–H and O–H groups in total. The van der Waals surface area contributed by atoms with E-state index in [1.807, 2.05) is 0 Å². The Kier molecular flexibility index (Phi) is 5.42. The van der Waals surface area contributed by atoms with Gasteiger partial charge in [0.1, 0.15) is 0 Å². The Bertz CT molecular complexity index is 1060. The Morgan fingerprint density at radius 3 is 2.73 bits per heavy atom. The lowest BCUT2D eigenvalue weighted by molar-refractivity contribution is -0.123. The van der Waals surface area contributed by atoms with E-state index in [0.717, 1.165) is 6.07 Å². The summed E-state index contributed by atoms with van der Waals surface area (Å²) < 4.78 is 53.6. The van der Waals surface area contributed by atoms with Crippen molar-refractivity contribution in [3.8, 4) is 11.4 Å². The minimum atomic E-state index is -2.98. The molecule has 3 heterocycles. The van der Waals surface area contributed by atoms with Crippen molar-refractivity contribution in [2.24, 2.45) is 5.92 Å². The number of anilines is 1. The Morgan fingerprint density at radius 1 is 1.20 bits per heavy atom. The smallest absolute Gasteiger partial charge is 0.264 e. The van der Waals surface area contributed by atoms with E-state index in [9.17, 15) is 22.4 Å². The zero-order valence-corrected chi connectivity index (χ0v) is 15.5. The first-order valence-corrected chi connectivity index (χ1v) is 9.21. The van der Waals surface area contributed by atoms with E-state index in [0.29, 0.717) is 36.8 Å². The van der Waals surface area contributed by atoms with Crippen LogP contribution in [0.5, 0.6) is 0 Å². The second-order valence-electron chi connectivity index (χ2n) is 6.91. The van der Waals surface area contributed by atoms with Crippen molar-refractivity contribution < 1.29 is 22.4 Å². The highest BCUT2D eigenvalue weighted by atomic mass is 19.3. The van der Waals surface area contributed by atoms with Gasteiger partial charge in [-0.15, -0.1) is 5.10 Å². The summed E-state index contributed by atoms with van der Waals surface area (Å²) in [4.78, 5) is 18.6. The van der Waals surface area contributed by atoms with Gasteiger partial charge >= 0.3 is 0 Å². The Hall–Kier alpha value is -3.37. The standard InChI is InChI=1S/C19H16F4N6O/c20-14-7-12(13(16(22)23)8-15(14)21)6-10-2-1-5-29(18(10)30)19-26-17(27-28-19)11-3-4-24-25-9-11/h3-4,7-10,16H,1-2,5-6H2,(H,26,27,28). The number of amides is 1. The van der Waals surface area contributed by atoms with Crippen LogP contribution in [-0.2, 0) is 11.2 Å². The first kappa shape index (κ1) is 19.9. The molecule has 7 nitrogen and oxygen atoms in total. The number of halogens is 4. The average molecular weight is 420 g/mol. The van der Waals surface area contributed by atoms with Crippen LogP contribution in [0, 0.1) is 17.6 Å². The number of nitrogens with zero attached hydrogens (tertiary/aromatic N) is 5. The van der Waals surface area contributed by atoms with E-state index in [1.54, 1.807) is 6.07 Å². The lowest BCUT2D eigenvalue weighted by Crippen LogP contribution is -2.42. The maximum Gasteiger partial charge on any atom is 0.264 e. The number of carbonyl (C=O) groups excluding carboxylic acids is 1. The van der Waals surface area contributed by atoms with E-state index in [2.05, 4.69) is 25.4 Å². The number of piperidine rings is 1. The molecule has 0 aliphatic carbocycles. The van der Waals surface area contributed by atoms with Gasteiger partial charge in [0.15, 0.2) is 17.5 Å². The molecular weight excluding hydrogens is 404 g/mol. The molecule has 1 aliphatic rings. The molecule has 0 saturated carbocycles. The van der Waals surface area contributed by atoms with Crippen LogP contribution in [0.2, 0.25) is 0 Å². The fourth-order valence-electron chi connectivity index (χ4n) is 3.52. The summed E-state index contributed by atoms with van der Waals surface area (Å²) in [6.45, 7) is 0.362. The van der Waals surface area contributed by atoms with E-state index in [1.165, 1.54) is 17.3 Å². The molecule has 0 radical (unpaired) electrons. The quantitative estimate of drug-likeness (QED) is 0.639.